The topological polar surface area (TPSA) is 45.5 Å². The van der Waals surface area contributed by atoms with E-state index in [4.69, 9.17) is 14.7 Å². The van der Waals surface area contributed by atoms with Crippen LogP contribution < -0.4 is 4.74 Å². The predicted molar refractivity (Wildman–Crippen MR) is 68.5 cm³/mol. The molecule has 102 valence electrons. The molecular formula is C14H17FN2O2. The van der Waals surface area contributed by atoms with Crippen LogP contribution in [0.15, 0.2) is 18.2 Å². The Morgan fingerprint density at radius 1 is 1.37 bits per heavy atom. The smallest absolute Gasteiger partial charge is 0.166 e. The zero-order valence-corrected chi connectivity index (χ0v) is 10.8. The highest BCUT2D eigenvalue weighted by molar-refractivity contribution is 5.35. The number of morpholine rings is 1. The summed E-state index contributed by atoms with van der Waals surface area (Å²) in [6, 6.07) is 6.14. The molecule has 1 aromatic rings. The van der Waals surface area contributed by atoms with Crippen LogP contribution in [0.5, 0.6) is 5.75 Å². The van der Waals surface area contributed by atoms with E-state index in [0.29, 0.717) is 12.2 Å². The summed E-state index contributed by atoms with van der Waals surface area (Å²) < 4.78 is 24.2. The number of nitrogens with zero attached hydrogens (tertiary/aromatic N) is 2. The van der Waals surface area contributed by atoms with Crippen LogP contribution in [-0.4, -0.2) is 44.4 Å². The second kappa shape index (κ2) is 7.07. The fraction of sp³-hybridized carbons (Fsp3) is 0.500. The van der Waals surface area contributed by atoms with Gasteiger partial charge in [-0.1, -0.05) is 0 Å². The van der Waals surface area contributed by atoms with E-state index >= 15 is 0 Å². The zero-order chi connectivity index (χ0) is 13.5. The van der Waals surface area contributed by atoms with Crippen LogP contribution in [0.3, 0.4) is 0 Å². The maximum Gasteiger partial charge on any atom is 0.166 e. The number of nitriles is 1. The molecule has 0 radical (unpaired) electrons. The van der Waals surface area contributed by atoms with E-state index in [2.05, 4.69) is 4.90 Å². The standard InChI is InChI=1S/C14H17FN2O2/c15-13-10-12(11-16)2-3-14(13)19-7-1-4-17-5-8-18-9-6-17/h2-3,10H,1,4-9H2. The van der Waals surface area contributed by atoms with Crippen molar-refractivity contribution in [3.63, 3.8) is 0 Å². The van der Waals surface area contributed by atoms with Gasteiger partial charge in [-0.25, -0.2) is 4.39 Å². The minimum absolute atomic E-state index is 0.209. The Hall–Kier alpha value is -1.64. The van der Waals surface area contributed by atoms with Crippen molar-refractivity contribution in [3.05, 3.63) is 29.6 Å². The maximum absolute atomic E-state index is 13.5. The normalized spacial score (nSPS) is 16.0. The molecule has 0 spiro atoms. The molecule has 0 unspecified atom stereocenters. The van der Waals surface area contributed by atoms with Crippen LogP contribution in [0.25, 0.3) is 0 Å². The average Bonchev–Trinajstić information content (AvgIpc) is 2.46. The molecule has 0 saturated carbocycles. The van der Waals surface area contributed by atoms with E-state index in [-0.39, 0.29) is 5.75 Å². The summed E-state index contributed by atoms with van der Waals surface area (Å²) in [5, 5.41) is 8.64. The zero-order valence-electron chi connectivity index (χ0n) is 10.8. The number of hydrogen-bond donors (Lipinski definition) is 0. The lowest BCUT2D eigenvalue weighted by Gasteiger charge is -2.26. The van der Waals surface area contributed by atoms with Gasteiger partial charge in [0, 0.05) is 19.6 Å². The van der Waals surface area contributed by atoms with Gasteiger partial charge in [-0.3, -0.25) is 4.90 Å². The molecule has 0 amide bonds. The second-order valence-corrected chi connectivity index (χ2v) is 4.41. The van der Waals surface area contributed by atoms with Gasteiger partial charge >= 0.3 is 0 Å². The van der Waals surface area contributed by atoms with Gasteiger partial charge in [0.1, 0.15) is 0 Å². The third-order valence-electron chi connectivity index (χ3n) is 3.04. The number of halogens is 1. The Balaban J connectivity index is 1.72. The van der Waals surface area contributed by atoms with Crippen molar-refractivity contribution in [1.29, 1.82) is 5.26 Å². The number of ether oxygens (including phenoxy) is 2. The number of hydrogen-bond acceptors (Lipinski definition) is 4. The quantitative estimate of drug-likeness (QED) is 0.761. The van der Waals surface area contributed by atoms with Crippen LogP contribution in [-0.2, 0) is 4.74 Å². The largest absolute Gasteiger partial charge is 0.490 e. The summed E-state index contributed by atoms with van der Waals surface area (Å²) in [7, 11) is 0. The molecule has 1 saturated heterocycles. The SMILES string of the molecule is N#Cc1ccc(OCCCN2CCOCC2)c(F)c1. The minimum atomic E-state index is -0.481. The van der Waals surface area contributed by atoms with Crippen molar-refractivity contribution in [1.82, 2.24) is 4.90 Å². The van der Waals surface area contributed by atoms with Gasteiger partial charge < -0.3 is 9.47 Å². The van der Waals surface area contributed by atoms with Crippen molar-refractivity contribution < 1.29 is 13.9 Å². The van der Waals surface area contributed by atoms with Crippen molar-refractivity contribution >= 4 is 0 Å². The Labute approximate surface area is 112 Å². The van der Waals surface area contributed by atoms with Crippen molar-refractivity contribution in [2.45, 2.75) is 6.42 Å². The summed E-state index contributed by atoms with van der Waals surface area (Å²) in [5.74, 6) is -0.272. The molecule has 5 heteroatoms. The van der Waals surface area contributed by atoms with Crippen molar-refractivity contribution in [2.24, 2.45) is 0 Å². The van der Waals surface area contributed by atoms with Gasteiger partial charge in [0.05, 0.1) is 31.5 Å². The lowest BCUT2D eigenvalue weighted by Crippen LogP contribution is -2.37. The molecule has 0 aliphatic carbocycles. The second-order valence-electron chi connectivity index (χ2n) is 4.41. The van der Waals surface area contributed by atoms with E-state index in [0.717, 1.165) is 39.3 Å². The highest BCUT2D eigenvalue weighted by Crippen LogP contribution is 2.18. The summed E-state index contributed by atoms with van der Waals surface area (Å²) >= 11 is 0. The van der Waals surface area contributed by atoms with Crippen LogP contribution in [0.2, 0.25) is 0 Å². The molecule has 0 atom stereocenters. The maximum atomic E-state index is 13.5. The predicted octanol–water partition coefficient (Wildman–Crippen LogP) is 1.80. The molecule has 0 bridgehead atoms. The third kappa shape index (κ3) is 4.19. The molecule has 0 aromatic heterocycles. The summed E-state index contributed by atoms with van der Waals surface area (Å²) in [6.07, 6.45) is 0.847. The van der Waals surface area contributed by atoms with Crippen LogP contribution >= 0.6 is 0 Å². The van der Waals surface area contributed by atoms with E-state index in [1.54, 1.807) is 6.07 Å². The summed E-state index contributed by atoms with van der Waals surface area (Å²) in [5.41, 5.74) is 0.304. The molecule has 1 fully saturated rings. The molecule has 1 aliphatic heterocycles. The van der Waals surface area contributed by atoms with Crippen LogP contribution in [0.4, 0.5) is 4.39 Å². The minimum Gasteiger partial charge on any atom is -0.490 e. The monoisotopic (exact) mass is 264 g/mol. The van der Waals surface area contributed by atoms with E-state index < -0.39 is 5.82 Å². The summed E-state index contributed by atoms with van der Waals surface area (Å²) in [4.78, 5) is 2.31. The molecule has 4 nitrogen and oxygen atoms in total. The van der Waals surface area contributed by atoms with Gasteiger partial charge in [-0.2, -0.15) is 5.26 Å². The first-order chi connectivity index (χ1) is 9.29. The first kappa shape index (κ1) is 13.8. The lowest BCUT2D eigenvalue weighted by molar-refractivity contribution is 0.0357. The van der Waals surface area contributed by atoms with Crippen LogP contribution in [0.1, 0.15) is 12.0 Å². The first-order valence-corrected chi connectivity index (χ1v) is 6.42. The van der Waals surface area contributed by atoms with Gasteiger partial charge in [0.15, 0.2) is 11.6 Å². The Morgan fingerprint density at radius 2 is 2.16 bits per heavy atom. The van der Waals surface area contributed by atoms with Crippen molar-refractivity contribution in [2.75, 3.05) is 39.5 Å². The molecular weight excluding hydrogens is 247 g/mol. The van der Waals surface area contributed by atoms with Gasteiger partial charge in [-0.05, 0) is 24.6 Å². The Bertz CT molecular complexity index is 453. The fourth-order valence-corrected chi connectivity index (χ4v) is 1.98. The summed E-state index contributed by atoms with van der Waals surface area (Å²) in [6.45, 7) is 4.87. The average molecular weight is 264 g/mol. The highest BCUT2D eigenvalue weighted by atomic mass is 19.1. The Morgan fingerprint density at radius 3 is 2.84 bits per heavy atom. The number of benzene rings is 1. The molecule has 2 rings (SSSR count). The molecule has 19 heavy (non-hydrogen) atoms. The van der Waals surface area contributed by atoms with E-state index in [1.807, 2.05) is 6.07 Å². The fourth-order valence-electron chi connectivity index (χ4n) is 1.98. The molecule has 1 aromatic carbocycles. The van der Waals surface area contributed by atoms with Gasteiger partial charge in [0.25, 0.3) is 0 Å². The molecule has 1 aliphatic rings. The van der Waals surface area contributed by atoms with E-state index in [9.17, 15) is 4.39 Å². The first-order valence-electron chi connectivity index (χ1n) is 6.42. The van der Waals surface area contributed by atoms with Gasteiger partial charge in [-0.15, -0.1) is 0 Å². The van der Waals surface area contributed by atoms with Crippen LogP contribution in [0, 0.1) is 17.1 Å². The molecule has 1 heterocycles. The lowest BCUT2D eigenvalue weighted by atomic mass is 10.2. The highest BCUT2D eigenvalue weighted by Gasteiger charge is 2.10. The molecule has 0 N–H and O–H groups in total. The van der Waals surface area contributed by atoms with Gasteiger partial charge in [0.2, 0.25) is 0 Å². The Kier molecular flexibility index (Phi) is 5.13. The number of rotatable bonds is 5. The van der Waals surface area contributed by atoms with E-state index in [1.165, 1.54) is 12.1 Å². The van der Waals surface area contributed by atoms with Crippen molar-refractivity contribution in [3.8, 4) is 11.8 Å². The third-order valence-corrected chi connectivity index (χ3v) is 3.04.